The molecule has 0 unspecified atom stereocenters. The molecule has 0 bridgehead atoms. The van der Waals surface area contributed by atoms with Crippen LogP contribution in [0, 0.1) is 5.92 Å². The number of benzene rings is 2. The van der Waals surface area contributed by atoms with Gasteiger partial charge in [-0.3, -0.25) is 4.79 Å². The van der Waals surface area contributed by atoms with Crippen LogP contribution in [0.3, 0.4) is 0 Å². The van der Waals surface area contributed by atoms with Gasteiger partial charge in [0.2, 0.25) is 11.7 Å². The van der Waals surface area contributed by atoms with Crippen molar-refractivity contribution in [3.63, 3.8) is 0 Å². The summed E-state index contributed by atoms with van der Waals surface area (Å²) in [6, 6.07) is 13.1. The minimum absolute atomic E-state index is 0.0270. The number of methoxy groups -OCH3 is 3. The average molecular weight is 568 g/mol. The smallest absolute Gasteiger partial charge is 0.329 e. The van der Waals surface area contributed by atoms with E-state index in [-0.39, 0.29) is 24.4 Å². The lowest BCUT2D eigenvalue weighted by Crippen LogP contribution is -2.51. The fraction of sp³-hybridized carbons (Fsp3) is 0.576. The summed E-state index contributed by atoms with van der Waals surface area (Å²) < 4.78 is 28.4. The number of carbonyl (C=O) groups excluding carboxylic acids is 2. The molecule has 2 fully saturated rings. The molecular weight excluding hydrogens is 522 g/mol. The predicted molar refractivity (Wildman–Crippen MR) is 156 cm³/mol. The zero-order chi connectivity index (χ0) is 29.2. The van der Waals surface area contributed by atoms with Crippen LogP contribution in [0.1, 0.15) is 75.3 Å². The first-order valence-corrected chi connectivity index (χ1v) is 14.9. The molecular formula is C33H45NO7. The van der Waals surface area contributed by atoms with Crippen LogP contribution in [0.2, 0.25) is 0 Å². The normalized spacial score (nSPS) is 19.2. The van der Waals surface area contributed by atoms with Crippen molar-refractivity contribution in [2.24, 2.45) is 5.92 Å². The third-order valence-corrected chi connectivity index (χ3v) is 8.27. The summed E-state index contributed by atoms with van der Waals surface area (Å²) in [7, 11) is 4.74. The molecule has 1 saturated carbocycles. The molecule has 2 aliphatic rings. The molecule has 0 spiro atoms. The summed E-state index contributed by atoms with van der Waals surface area (Å²) in [6.45, 7) is 3.11. The lowest BCUT2D eigenvalue weighted by Gasteiger charge is -2.39. The van der Waals surface area contributed by atoms with Crippen LogP contribution in [0.15, 0.2) is 42.5 Å². The van der Waals surface area contributed by atoms with Gasteiger partial charge in [-0.25, -0.2) is 4.79 Å². The first kappa shape index (κ1) is 30.7. The maximum atomic E-state index is 14.5. The Morgan fingerprint density at radius 1 is 0.878 bits per heavy atom. The molecule has 0 radical (unpaired) electrons. The van der Waals surface area contributed by atoms with Crippen molar-refractivity contribution in [2.45, 2.75) is 83.0 Å². The number of hydrogen-bond acceptors (Lipinski definition) is 7. The van der Waals surface area contributed by atoms with Gasteiger partial charge in [0.15, 0.2) is 11.5 Å². The lowest BCUT2D eigenvalue weighted by molar-refractivity contribution is -0.164. The standard InChI is InChI=1S/C33H45NO7/c1-23(21-40-22-24-13-7-5-8-14-24)41-33(36)27-17-11-12-18-34(27)32(35)30(25-15-9-6-10-16-25)26-19-28(37-2)31(39-4)29(20-26)38-3/h5,7-8,13-14,19-20,23,25,27,30H,6,9-12,15-18,21-22H2,1-4H3/t23-,27+,30-/m0/s1. The van der Waals surface area contributed by atoms with Crippen molar-refractivity contribution in [1.29, 1.82) is 0 Å². The largest absolute Gasteiger partial charge is 0.493 e. The summed E-state index contributed by atoms with van der Waals surface area (Å²) in [5.74, 6) is 0.911. The van der Waals surface area contributed by atoms with Gasteiger partial charge in [-0.15, -0.1) is 0 Å². The molecule has 2 aromatic carbocycles. The van der Waals surface area contributed by atoms with Crippen molar-refractivity contribution >= 4 is 11.9 Å². The number of likely N-dealkylation sites (tertiary alicyclic amines) is 1. The molecule has 1 saturated heterocycles. The number of nitrogens with zero attached hydrogens (tertiary/aromatic N) is 1. The highest BCUT2D eigenvalue weighted by molar-refractivity contribution is 5.89. The molecule has 8 heteroatoms. The van der Waals surface area contributed by atoms with Crippen molar-refractivity contribution in [3.05, 3.63) is 53.6 Å². The Hall–Kier alpha value is -3.26. The van der Waals surface area contributed by atoms with Crippen LogP contribution in [-0.2, 0) is 25.7 Å². The van der Waals surface area contributed by atoms with Crippen LogP contribution in [0.5, 0.6) is 17.2 Å². The molecule has 1 heterocycles. The Morgan fingerprint density at radius 3 is 2.17 bits per heavy atom. The van der Waals surface area contributed by atoms with Gasteiger partial charge < -0.3 is 28.6 Å². The third kappa shape index (κ3) is 7.73. The number of hydrogen-bond donors (Lipinski definition) is 0. The summed E-state index contributed by atoms with van der Waals surface area (Å²) in [5, 5.41) is 0. The highest BCUT2D eigenvalue weighted by atomic mass is 16.6. The summed E-state index contributed by atoms with van der Waals surface area (Å²) >= 11 is 0. The van der Waals surface area contributed by atoms with Crippen molar-refractivity contribution in [2.75, 3.05) is 34.5 Å². The number of piperidine rings is 1. The van der Waals surface area contributed by atoms with E-state index in [4.69, 9.17) is 23.7 Å². The van der Waals surface area contributed by atoms with Crippen LogP contribution >= 0.6 is 0 Å². The molecule has 224 valence electrons. The number of esters is 1. The second kappa shape index (κ2) is 15.1. The Balaban J connectivity index is 1.52. The second-order valence-corrected chi connectivity index (χ2v) is 11.1. The minimum atomic E-state index is -0.610. The molecule has 41 heavy (non-hydrogen) atoms. The van der Waals surface area contributed by atoms with Gasteiger partial charge in [0, 0.05) is 6.54 Å². The molecule has 4 rings (SSSR count). The van der Waals surface area contributed by atoms with E-state index in [1.807, 2.05) is 49.4 Å². The van der Waals surface area contributed by atoms with Crippen molar-refractivity contribution < 1.29 is 33.3 Å². The number of ether oxygens (including phenoxy) is 5. The topological polar surface area (TPSA) is 83.5 Å². The van der Waals surface area contributed by atoms with E-state index in [2.05, 4.69) is 0 Å². The molecule has 1 aliphatic heterocycles. The Bertz CT molecular complexity index is 1110. The van der Waals surface area contributed by atoms with Crippen LogP contribution in [0.4, 0.5) is 0 Å². The molecule has 0 aromatic heterocycles. The molecule has 3 atom stereocenters. The van der Waals surface area contributed by atoms with E-state index in [1.54, 1.807) is 26.2 Å². The fourth-order valence-electron chi connectivity index (χ4n) is 6.21. The van der Waals surface area contributed by atoms with E-state index in [0.29, 0.717) is 36.8 Å². The van der Waals surface area contributed by atoms with E-state index < -0.39 is 18.1 Å². The molecule has 2 aromatic rings. The van der Waals surface area contributed by atoms with Gasteiger partial charge in [0.25, 0.3) is 0 Å². The Kier molecular flexibility index (Phi) is 11.3. The van der Waals surface area contributed by atoms with Crippen LogP contribution in [-0.4, -0.2) is 63.4 Å². The van der Waals surface area contributed by atoms with Crippen LogP contribution < -0.4 is 14.2 Å². The highest BCUT2D eigenvalue weighted by Crippen LogP contribution is 2.45. The van der Waals surface area contributed by atoms with Crippen molar-refractivity contribution in [3.8, 4) is 17.2 Å². The highest BCUT2D eigenvalue weighted by Gasteiger charge is 2.41. The average Bonchev–Trinajstić information content (AvgIpc) is 3.01. The minimum Gasteiger partial charge on any atom is -0.493 e. The number of carbonyl (C=O) groups is 2. The van der Waals surface area contributed by atoms with Gasteiger partial charge in [0.1, 0.15) is 12.1 Å². The van der Waals surface area contributed by atoms with E-state index in [9.17, 15) is 9.59 Å². The summed E-state index contributed by atoms with van der Waals surface area (Å²) in [6.07, 6.45) is 7.19. The molecule has 1 aliphatic carbocycles. The zero-order valence-corrected chi connectivity index (χ0v) is 24.9. The van der Waals surface area contributed by atoms with Crippen molar-refractivity contribution in [1.82, 2.24) is 4.90 Å². The second-order valence-electron chi connectivity index (χ2n) is 11.1. The fourth-order valence-corrected chi connectivity index (χ4v) is 6.21. The zero-order valence-electron chi connectivity index (χ0n) is 24.9. The molecule has 8 nitrogen and oxygen atoms in total. The summed E-state index contributed by atoms with van der Waals surface area (Å²) in [5.41, 5.74) is 1.90. The predicted octanol–water partition coefficient (Wildman–Crippen LogP) is 5.91. The van der Waals surface area contributed by atoms with Crippen LogP contribution in [0.25, 0.3) is 0 Å². The SMILES string of the molecule is COc1cc([C@@H](C(=O)N2CCCC[C@@H]2C(=O)O[C@@H](C)COCc2ccccc2)C2CCCCC2)cc(OC)c1OC. The van der Waals surface area contributed by atoms with Gasteiger partial charge in [-0.05, 0) is 68.2 Å². The first-order valence-electron chi connectivity index (χ1n) is 14.9. The van der Waals surface area contributed by atoms with E-state index in [0.717, 1.165) is 49.7 Å². The van der Waals surface area contributed by atoms with Gasteiger partial charge in [0.05, 0.1) is 40.5 Å². The van der Waals surface area contributed by atoms with E-state index >= 15 is 0 Å². The first-order chi connectivity index (χ1) is 20.0. The monoisotopic (exact) mass is 567 g/mol. The quantitative estimate of drug-likeness (QED) is 0.295. The van der Waals surface area contributed by atoms with Gasteiger partial charge in [-0.2, -0.15) is 0 Å². The molecule has 0 N–H and O–H groups in total. The Labute approximate surface area is 244 Å². The van der Waals surface area contributed by atoms with Gasteiger partial charge >= 0.3 is 5.97 Å². The number of amides is 1. The van der Waals surface area contributed by atoms with E-state index in [1.165, 1.54) is 6.42 Å². The maximum absolute atomic E-state index is 14.5. The van der Waals surface area contributed by atoms with Gasteiger partial charge in [-0.1, -0.05) is 49.6 Å². The Morgan fingerprint density at radius 2 is 1.54 bits per heavy atom. The number of rotatable bonds is 12. The third-order valence-electron chi connectivity index (χ3n) is 8.27. The summed E-state index contributed by atoms with van der Waals surface area (Å²) in [4.78, 5) is 29.7. The lowest BCUT2D eigenvalue weighted by atomic mass is 9.75. The maximum Gasteiger partial charge on any atom is 0.329 e. The molecule has 1 amide bonds.